The van der Waals surface area contributed by atoms with Gasteiger partial charge >= 0.3 is 0 Å². The summed E-state index contributed by atoms with van der Waals surface area (Å²) in [7, 11) is 0. The Morgan fingerprint density at radius 3 is 2.63 bits per heavy atom. The number of hydrogen-bond acceptors (Lipinski definition) is 4. The summed E-state index contributed by atoms with van der Waals surface area (Å²) in [5, 5.41) is 18.0. The van der Waals surface area contributed by atoms with E-state index in [9.17, 15) is 0 Å². The number of halogens is 1. The van der Waals surface area contributed by atoms with Crippen molar-refractivity contribution < 1.29 is 0 Å². The van der Waals surface area contributed by atoms with Crippen molar-refractivity contribution in [1.82, 2.24) is 9.55 Å². The van der Waals surface area contributed by atoms with Gasteiger partial charge in [-0.1, -0.05) is 6.07 Å². The smallest absolute Gasteiger partial charge is 0.177 e. The van der Waals surface area contributed by atoms with E-state index in [1.54, 1.807) is 4.57 Å². The van der Waals surface area contributed by atoms with Crippen molar-refractivity contribution in [2.45, 2.75) is 13.0 Å². The minimum atomic E-state index is -0.0711. The van der Waals surface area contributed by atoms with Gasteiger partial charge in [-0.05, 0) is 40.5 Å². The fraction of sp³-hybridized carbons (Fsp3) is 0.154. The molecule has 6 heteroatoms. The van der Waals surface area contributed by atoms with Crippen LogP contribution >= 0.6 is 15.9 Å². The van der Waals surface area contributed by atoms with Crippen molar-refractivity contribution in [2.75, 3.05) is 0 Å². The summed E-state index contributed by atoms with van der Waals surface area (Å²) in [6.45, 7) is 1.90. The highest BCUT2D eigenvalue weighted by Gasteiger charge is 2.14. The monoisotopic (exact) mass is 315 g/mol. The normalized spacial score (nSPS) is 11.6. The van der Waals surface area contributed by atoms with Crippen LogP contribution in [0.3, 0.4) is 0 Å². The minimum Gasteiger partial charge on any atom is -0.324 e. The lowest BCUT2D eigenvalue weighted by Crippen LogP contribution is -2.06. The molecule has 1 aromatic carbocycles. The first-order chi connectivity index (χ1) is 9.08. The molecule has 5 nitrogen and oxygen atoms in total. The maximum atomic E-state index is 9.12. The number of benzene rings is 1. The van der Waals surface area contributed by atoms with Gasteiger partial charge in [0.1, 0.15) is 18.5 Å². The third-order valence-electron chi connectivity index (χ3n) is 2.74. The molecule has 0 aliphatic rings. The fourth-order valence-electron chi connectivity index (χ4n) is 1.72. The van der Waals surface area contributed by atoms with Crippen molar-refractivity contribution in [3.8, 4) is 17.8 Å². The van der Waals surface area contributed by atoms with Crippen molar-refractivity contribution in [3.63, 3.8) is 0 Å². The maximum absolute atomic E-state index is 9.12. The molecule has 0 aliphatic heterocycles. The Balaban J connectivity index is 2.58. The number of imidazole rings is 1. The number of hydrogen-bond donors (Lipinski definition) is 1. The standard InChI is InChI=1S/C13H10BrN5/c1-8(17)9-2-3-12(10(14)4-9)19-7-18-11(5-15)13(19)6-16/h2-4,7-8H,17H2,1H3/t8-/m1/s1. The largest absolute Gasteiger partial charge is 0.324 e. The highest BCUT2D eigenvalue weighted by atomic mass is 79.9. The van der Waals surface area contributed by atoms with E-state index in [1.165, 1.54) is 6.33 Å². The van der Waals surface area contributed by atoms with Crippen molar-refractivity contribution >= 4 is 15.9 Å². The number of nitrogens with zero attached hydrogens (tertiary/aromatic N) is 4. The van der Waals surface area contributed by atoms with Crippen LogP contribution in [0.25, 0.3) is 5.69 Å². The molecule has 2 rings (SSSR count). The number of nitriles is 2. The third-order valence-corrected chi connectivity index (χ3v) is 3.37. The van der Waals surface area contributed by atoms with E-state index in [1.807, 2.05) is 37.3 Å². The molecule has 94 valence electrons. The van der Waals surface area contributed by atoms with Crippen LogP contribution < -0.4 is 5.73 Å². The molecular weight excluding hydrogens is 306 g/mol. The second-order valence-electron chi connectivity index (χ2n) is 4.03. The van der Waals surface area contributed by atoms with E-state index in [2.05, 4.69) is 20.9 Å². The molecule has 0 radical (unpaired) electrons. The summed E-state index contributed by atoms with van der Waals surface area (Å²) in [5.74, 6) is 0. The summed E-state index contributed by atoms with van der Waals surface area (Å²) in [4.78, 5) is 3.91. The molecule has 0 amide bonds. The van der Waals surface area contributed by atoms with Crippen molar-refractivity contribution in [3.05, 3.63) is 46.0 Å². The SMILES string of the molecule is C[C@@H](N)c1ccc(-n2cnc(C#N)c2C#N)c(Br)c1. The molecule has 0 saturated heterocycles. The zero-order valence-corrected chi connectivity index (χ0v) is 11.7. The molecule has 2 N–H and O–H groups in total. The molecule has 0 saturated carbocycles. The van der Waals surface area contributed by atoms with Gasteiger partial charge in [0.2, 0.25) is 0 Å². The lowest BCUT2D eigenvalue weighted by Gasteiger charge is -2.11. The zero-order valence-electron chi connectivity index (χ0n) is 10.1. The first kappa shape index (κ1) is 13.3. The quantitative estimate of drug-likeness (QED) is 0.921. The minimum absolute atomic E-state index is 0.0711. The Labute approximate surface area is 119 Å². The first-order valence-electron chi connectivity index (χ1n) is 5.51. The van der Waals surface area contributed by atoms with Crippen LogP contribution in [0.15, 0.2) is 29.0 Å². The number of rotatable bonds is 2. The Hall–Kier alpha value is -2.15. The average molecular weight is 316 g/mol. The van der Waals surface area contributed by atoms with Gasteiger partial charge in [-0.15, -0.1) is 0 Å². The lowest BCUT2D eigenvalue weighted by atomic mass is 10.1. The molecule has 0 aliphatic carbocycles. The van der Waals surface area contributed by atoms with E-state index >= 15 is 0 Å². The molecule has 19 heavy (non-hydrogen) atoms. The topological polar surface area (TPSA) is 91.4 Å². The van der Waals surface area contributed by atoms with E-state index in [0.717, 1.165) is 15.7 Å². The van der Waals surface area contributed by atoms with Crippen molar-refractivity contribution in [1.29, 1.82) is 10.5 Å². The van der Waals surface area contributed by atoms with E-state index in [4.69, 9.17) is 16.3 Å². The van der Waals surface area contributed by atoms with Gasteiger partial charge in [0.05, 0.1) is 5.69 Å². The first-order valence-corrected chi connectivity index (χ1v) is 6.30. The molecule has 0 fully saturated rings. The summed E-state index contributed by atoms with van der Waals surface area (Å²) in [6.07, 6.45) is 1.46. The van der Waals surface area contributed by atoms with E-state index in [-0.39, 0.29) is 17.4 Å². The maximum Gasteiger partial charge on any atom is 0.177 e. The van der Waals surface area contributed by atoms with Gasteiger partial charge < -0.3 is 5.73 Å². The van der Waals surface area contributed by atoms with Crippen LogP contribution in [-0.4, -0.2) is 9.55 Å². The van der Waals surface area contributed by atoms with E-state index in [0.29, 0.717) is 0 Å². The predicted octanol–water partition coefficient (Wildman–Crippen LogP) is 2.40. The second-order valence-corrected chi connectivity index (χ2v) is 4.89. The molecule has 0 bridgehead atoms. The molecular formula is C13H10BrN5. The number of aromatic nitrogens is 2. The van der Waals surface area contributed by atoms with Crippen LogP contribution in [-0.2, 0) is 0 Å². The Morgan fingerprint density at radius 2 is 2.11 bits per heavy atom. The van der Waals surface area contributed by atoms with Crippen LogP contribution in [0.1, 0.15) is 29.9 Å². The Kier molecular flexibility index (Phi) is 3.66. The Bertz CT molecular complexity index is 703. The van der Waals surface area contributed by atoms with Crippen LogP contribution in [0.2, 0.25) is 0 Å². The summed E-state index contributed by atoms with van der Waals surface area (Å²) < 4.78 is 2.37. The zero-order chi connectivity index (χ0) is 14.0. The number of nitrogens with two attached hydrogens (primary N) is 1. The van der Waals surface area contributed by atoms with Crippen LogP contribution in [0.4, 0.5) is 0 Å². The fourth-order valence-corrected chi connectivity index (χ4v) is 2.31. The third kappa shape index (κ3) is 2.37. The molecule has 0 unspecified atom stereocenters. The van der Waals surface area contributed by atoms with Gasteiger partial charge in [-0.2, -0.15) is 10.5 Å². The van der Waals surface area contributed by atoms with Gasteiger partial charge in [0.25, 0.3) is 0 Å². The second kappa shape index (κ2) is 5.23. The summed E-state index contributed by atoms with van der Waals surface area (Å²) >= 11 is 3.45. The van der Waals surface area contributed by atoms with Gasteiger partial charge in [-0.25, -0.2) is 4.98 Å². The molecule has 1 atom stereocenters. The lowest BCUT2D eigenvalue weighted by molar-refractivity contribution is 0.816. The van der Waals surface area contributed by atoms with Crippen LogP contribution in [0, 0.1) is 22.7 Å². The van der Waals surface area contributed by atoms with Gasteiger partial charge in [-0.3, -0.25) is 4.57 Å². The molecule has 1 aromatic heterocycles. The summed E-state index contributed by atoms with van der Waals surface area (Å²) in [6, 6.07) is 9.44. The summed E-state index contributed by atoms with van der Waals surface area (Å²) in [5.41, 5.74) is 7.88. The van der Waals surface area contributed by atoms with Gasteiger partial charge in [0, 0.05) is 10.5 Å². The van der Waals surface area contributed by atoms with Crippen LogP contribution in [0.5, 0.6) is 0 Å². The van der Waals surface area contributed by atoms with Crippen molar-refractivity contribution in [2.24, 2.45) is 5.73 Å². The molecule has 0 spiro atoms. The molecule has 2 aromatic rings. The molecule has 1 heterocycles. The average Bonchev–Trinajstić information content (AvgIpc) is 2.80. The Morgan fingerprint density at radius 1 is 1.37 bits per heavy atom. The highest BCUT2D eigenvalue weighted by Crippen LogP contribution is 2.26. The highest BCUT2D eigenvalue weighted by molar-refractivity contribution is 9.10. The van der Waals surface area contributed by atoms with Gasteiger partial charge in [0.15, 0.2) is 11.4 Å². The van der Waals surface area contributed by atoms with E-state index < -0.39 is 0 Å². The predicted molar refractivity (Wildman–Crippen MR) is 73.3 cm³/mol.